The predicted molar refractivity (Wildman–Crippen MR) is 100 cm³/mol. The molecule has 1 heterocycles. The van der Waals surface area contributed by atoms with E-state index in [1.807, 2.05) is 30.3 Å². The van der Waals surface area contributed by atoms with Crippen molar-refractivity contribution in [3.8, 4) is 17.2 Å². The largest absolute Gasteiger partial charge is 0.496 e. The van der Waals surface area contributed by atoms with Gasteiger partial charge in [0, 0.05) is 29.7 Å². The van der Waals surface area contributed by atoms with Crippen molar-refractivity contribution >= 4 is 17.5 Å². The van der Waals surface area contributed by atoms with Crippen molar-refractivity contribution in [1.29, 1.82) is 0 Å². The van der Waals surface area contributed by atoms with Crippen molar-refractivity contribution in [3.63, 3.8) is 0 Å². The van der Waals surface area contributed by atoms with Gasteiger partial charge in [-0.05, 0) is 30.3 Å². The Morgan fingerprint density at radius 1 is 1.23 bits per heavy atom. The number of methoxy groups -OCH3 is 1. The van der Waals surface area contributed by atoms with Gasteiger partial charge in [-0.25, -0.2) is 4.98 Å². The summed E-state index contributed by atoms with van der Waals surface area (Å²) in [6.07, 6.45) is 1.68. The SMILES string of the molecule is COc1ccc(Cl)cc1CN(C)C(=O)Cc1coc(-c2ccccc2)n1. The van der Waals surface area contributed by atoms with Gasteiger partial charge in [-0.3, -0.25) is 4.79 Å². The van der Waals surface area contributed by atoms with E-state index in [1.165, 1.54) is 6.26 Å². The standard InChI is InChI=1S/C20H19ClN2O3/c1-23(12-15-10-16(21)8-9-18(15)25-2)19(24)11-17-13-26-20(22-17)14-6-4-3-5-7-14/h3-10,13H,11-12H2,1-2H3. The third-order valence-corrected chi connectivity index (χ3v) is 4.22. The molecule has 3 aromatic rings. The Morgan fingerprint density at radius 2 is 2.00 bits per heavy atom. The zero-order valence-corrected chi connectivity index (χ0v) is 15.4. The van der Waals surface area contributed by atoms with Gasteiger partial charge in [0.15, 0.2) is 0 Å². The van der Waals surface area contributed by atoms with Crippen LogP contribution in [-0.4, -0.2) is 29.9 Å². The summed E-state index contributed by atoms with van der Waals surface area (Å²) in [5.74, 6) is 1.13. The summed E-state index contributed by atoms with van der Waals surface area (Å²) in [5.41, 5.74) is 2.32. The number of nitrogens with zero attached hydrogens (tertiary/aromatic N) is 2. The normalized spacial score (nSPS) is 10.6. The van der Waals surface area contributed by atoms with Crippen LogP contribution in [0, 0.1) is 0 Å². The van der Waals surface area contributed by atoms with Gasteiger partial charge in [-0.2, -0.15) is 0 Å². The number of aromatic nitrogens is 1. The number of likely N-dealkylation sites (N-methyl/N-ethyl adjacent to an activating group) is 1. The van der Waals surface area contributed by atoms with Crippen LogP contribution in [0.15, 0.2) is 59.2 Å². The van der Waals surface area contributed by atoms with E-state index in [9.17, 15) is 4.79 Å². The first-order valence-electron chi connectivity index (χ1n) is 8.13. The molecule has 134 valence electrons. The van der Waals surface area contributed by atoms with E-state index in [2.05, 4.69) is 4.98 Å². The third-order valence-electron chi connectivity index (χ3n) is 3.98. The van der Waals surface area contributed by atoms with Crippen LogP contribution >= 0.6 is 11.6 Å². The lowest BCUT2D eigenvalue weighted by molar-refractivity contribution is -0.129. The summed E-state index contributed by atoms with van der Waals surface area (Å²) in [5, 5.41) is 0.602. The summed E-state index contributed by atoms with van der Waals surface area (Å²) in [7, 11) is 3.33. The highest BCUT2D eigenvalue weighted by atomic mass is 35.5. The molecular formula is C20H19ClN2O3. The van der Waals surface area contributed by atoms with Crippen LogP contribution in [0.1, 0.15) is 11.3 Å². The number of ether oxygens (including phenoxy) is 1. The number of oxazole rings is 1. The van der Waals surface area contributed by atoms with Gasteiger partial charge in [-0.15, -0.1) is 0 Å². The van der Waals surface area contributed by atoms with Gasteiger partial charge >= 0.3 is 0 Å². The van der Waals surface area contributed by atoms with E-state index in [-0.39, 0.29) is 12.3 Å². The smallest absolute Gasteiger partial charge is 0.228 e. The second kappa shape index (κ2) is 8.06. The molecule has 0 unspecified atom stereocenters. The van der Waals surface area contributed by atoms with Crippen molar-refractivity contribution < 1.29 is 13.9 Å². The molecule has 2 aromatic carbocycles. The maximum Gasteiger partial charge on any atom is 0.228 e. The number of benzene rings is 2. The molecule has 0 aliphatic heterocycles. The van der Waals surface area contributed by atoms with E-state index in [0.717, 1.165) is 11.1 Å². The molecule has 0 fully saturated rings. The van der Waals surface area contributed by atoms with Crippen LogP contribution in [-0.2, 0) is 17.8 Å². The van der Waals surface area contributed by atoms with Crippen LogP contribution in [0.3, 0.4) is 0 Å². The van der Waals surface area contributed by atoms with Gasteiger partial charge in [0.05, 0.1) is 19.2 Å². The average Bonchev–Trinajstić information content (AvgIpc) is 3.11. The van der Waals surface area contributed by atoms with E-state index in [0.29, 0.717) is 28.9 Å². The minimum absolute atomic E-state index is 0.0695. The van der Waals surface area contributed by atoms with Gasteiger partial charge in [0.2, 0.25) is 11.8 Å². The molecule has 0 atom stereocenters. The first-order valence-corrected chi connectivity index (χ1v) is 8.51. The Hall–Kier alpha value is -2.79. The second-order valence-electron chi connectivity index (χ2n) is 5.89. The molecule has 26 heavy (non-hydrogen) atoms. The van der Waals surface area contributed by atoms with Crippen molar-refractivity contribution in [3.05, 3.63) is 71.1 Å². The summed E-state index contributed by atoms with van der Waals surface area (Å²) in [6.45, 7) is 0.395. The van der Waals surface area contributed by atoms with E-state index in [1.54, 1.807) is 37.3 Å². The molecule has 0 aliphatic rings. The fraction of sp³-hybridized carbons (Fsp3) is 0.200. The minimum atomic E-state index is -0.0695. The van der Waals surface area contributed by atoms with Crippen molar-refractivity contribution in [2.45, 2.75) is 13.0 Å². The van der Waals surface area contributed by atoms with Gasteiger partial charge in [0.25, 0.3) is 0 Å². The number of rotatable bonds is 6. The molecule has 1 aromatic heterocycles. The Labute approximate surface area is 157 Å². The van der Waals surface area contributed by atoms with Crippen LogP contribution in [0.5, 0.6) is 5.75 Å². The fourth-order valence-electron chi connectivity index (χ4n) is 2.61. The molecule has 0 aliphatic carbocycles. The molecule has 0 N–H and O–H groups in total. The van der Waals surface area contributed by atoms with Crippen LogP contribution < -0.4 is 4.74 Å². The molecule has 5 nitrogen and oxygen atoms in total. The molecule has 3 rings (SSSR count). The molecular weight excluding hydrogens is 352 g/mol. The molecule has 0 bridgehead atoms. The first kappa shape index (κ1) is 18.0. The van der Waals surface area contributed by atoms with Gasteiger partial charge in [0.1, 0.15) is 12.0 Å². The van der Waals surface area contributed by atoms with E-state index < -0.39 is 0 Å². The Balaban J connectivity index is 1.67. The Morgan fingerprint density at radius 3 is 2.73 bits per heavy atom. The van der Waals surface area contributed by atoms with Crippen LogP contribution in [0.25, 0.3) is 11.5 Å². The monoisotopic (exact) mass is 370 g/mol. The lowest BCUT2D eigenvalue weighted by Gasteiger charge is -2.18. The quantitative estimate of drug-likeness (QED) is 0.652. The maximum atomic E-state index is 12.5. The topological polar surface area (TPSA) is 55.6 Å². The number of hydrogen-bond donors (Lipinski definition) is 0. The lowest BCUT2D eigenvalue weighted by atomic mass is 10.2. The van der Waals surface area contributed by atoms with E-state index >= 15 is 0 Å². The van der Waals surface area contributed by atoms with Gasteiger partial charge in [-0.1, -0.05) is 29.8 Å². The molecule has 0 saturated carbocycles. The fourth-order valence-corrected chi connectivity index (χ4v) is 2.80. The first-order chi connectivity index (χ1) is 12.6. The van der Waals surface area contributed by atoms with Crippen LogP contribution in [0.2, 0.25) is 5.02 Å². The highest BCUT2D eigenvalue weighted by Crippen LogP contribution is 2.24. The summed E-state index contributed by atoms with van der Waals surface area (Å²) < 4.78 is 10.8. The second-order valence-corrected chi connectivity index (χ2v) is 6.33. The van der Waals surface area contributed by atoms with Crippen molar-refractivity contribution in [2.24, 2.45) is 0 Å². The van der Waals surface area contributed by atoms with Crippen molar-refractivity contribution in [1.82, 2.24) is 9.88 Å². The van der Waals surface area contributed by atoms with Crippen LogP contribution in [0.4, 0.5) is 0 Å². The lowest BCUT2D eigenvalue weighted by Crippen LogP contribution is -2.28. The Bertz CT molecular complexity index is 893. The number of carbonyl (C=O) groups is 1. The minimum Gasteiger partial charge on any atom is -0.496 e. The summed E-state index contributed by atoms with van der Waals surface area (Å²) in [4.78, 5) is 18.5. The number of carbonyl (C=O) groups excluding carboxylic acids is 1. The third kappa shape index (κ3) is 4.24. The molecule has 0 spiro atoms. The summed E-state index contributed by atoms with van der Waals surface area (Å²) in [6, 6.07) is 14.9. The molecule has 1 amide bonds. The molecule has 0 saturated heterocycles. The number of amides is 1. The number of hydrogen-bond acceptors (Lipinski definition) is 4. The average molecular weight is 371 g/mol. The zero-order chi connectivity index (χ0) is 18.5. The highest BCUT2D eigenvalue weighted by molar-refractivity contribution is 6.30. The van der Waals surface area contributed by atoms with E-state index in [4.69, 9.17) is 20.8 Å². The summed E-state index contributed by atoms with van der Waals surface area (Å²) >= 11 is 6.05. The predicted octanol–water partition coefficient (Wildman–Crippen LogP) is 4.20. The molecule has 6 heteroatoms. The zero-order valence-electron chi connectivity index (χ0n) is 14.6. The van der Waals surface area contributed by atoms with Crippen molar-refractivity contribution in [2.75, 3.05) is 14.2 Å². The van der Waals surface area contributed by atoms with Gasteiger partial charge < -0.3 is 14.1 Å². The maximum absolute atomic E-state index is 12.5. The Kier molecular flexibility index (Phi) is 5.58. The molecule has 0 radical (unpaired) electrons. The highest BCUT2D eigenvalue weighted by Gasteiger charge is 2.16. The number of halogens is 1.